The maximum atomic E-state index is 12.5. The van der Waals surface area contributed by atoms with Crippen LogP contribution in [0.4, 0.5) is 5.13 Å². The van der Waals surface area contributed by atoms with E-state index in [1.165, 1.54) is 0 Å². The molecule has 2 fully saturated rings. The van der Waals surface area contributed by atoms with E-state index in [1.54, 1.807) is 23.3 Å². The molecule has 1 saturated heterocycles. The lowest BCUT2D eigenvalue weighted by atomic mass is 9.85. The number of hydrogen-bond acceptors (Lipinski definition) is 6. The van der Waals surface area contributed by atoms with E-state index in [9.17, 15) is 14.7 Å². The van der Waals surface area contributed by atoms with Gasteiger partial charge in [0.15, 0.2) is 5.13 Å². The van der Waals surface area contributed by atoms with Crippen molar-refractivity contribution in [2.75, 3.05) is 31.6 Å². The molecule has 2 aliphatic rings. The Morgan fingerprint density at radius 2 is 1.87 bits per heavy atom. The van der Waals surface area contributed by atoms with Crippen LogP contribution in [0, 0.1) is 31.6 Å². The van der Waals surface area contributed by atoms with E-state index in [2.05, 4.69) is 23.3 Å². The van der Waals surface area contributed by atoms with Crippen molar-refractivity contribution < 1.29 is 19.4 Å². The fourth-order valence-electron chi connectivity index (χ4n) is 5.80. The number of anilines is 1. The van der Waals surface area contributed by atoms with Gasteiger partial charge in [0.2, 0.25) is 0 Å². The molecule has 8 heteroatoms. The molecule has 1 amide bonds. The second kappa shape index (κ2) is 10.8. The fraction of sp³-hybridized carbons (Fsp3) is 0.433. The number of ether oxygens (including phenoxy) is 1. The molecule has 200 valence electrons. The van der Waals surface area contributed by atoms with Crippen molar-refractivity contribution >= 4 is 28.3 Å². The Morgan fingerprint density at radius 3 is 2.53 bits per heavy atom. The van der Waals surface area contributed by atoms with E-state index < -0.39 is 5.97 Å². The maximum absolute atomic E-state index is 12.5. The number of fused-ring (bicyclic) bond motifs is 2. The molecule has 0 radical (unpaired) electrons. The summed E-state index contributed by atoms with van der Waals surface area (Å²) in [4.78, 5) is 33.2. The highest BCUT2D eigenvalue weighted by atomic mass is 32.1. The number of hydrogen-bond donors (Lipinski definition) is 1. The first kappa shape index (κ1) is 26.2. The number of aliphatic carboxylic acids is 1. The monoisotopic (exact) mass is 533 g/mol. The predicted octanol–water partition coefficient (Wildman–Crippen LogP) is 5.64. The lowest BCUT2D eigenvalue weighted by Gasteiger charge is -2.35. The molecule has 5 rings (SSSR count). The molecule has 0 spiro atoms. The van der Waals surface area contributed by atoms with Gasteiger partial charge in [-0.1, -0.05) is 17.7 Å². The summed E-state index contributed by atoms with van der Waals surface area (Å²) >= 11 is 1.61. The second-order valence-electron chi connectivity index (χ2n) is 10.6. The molecule has 2 aromatic carbocycles. The highest BCUT2D eigenvalue weighted by Gasteiger charge is 2.46. The fourth-order valence-corrected chi connectivity index (χ4v) is 6.64. The first-order valence-electron chi connectivity index (χ1n) is 13.3. The first-order chi connectivity index (χ1) is 18.2. The summed E-state index contributed by atoms with van der Waals surface area (Å²) in [6.45, 7) is 8.59. The minimum Gasteiger partial charge on any atom is -0.488 e. The number of carbonyl (C=O) groups is 2. The standard InChI is InChI=1S/C30H35N3O4S/c1-5-32(4)28(34)20-7-10-23(19(3)13-20)16-37-26-11-6-18(2)12-24(26)25-17-38-30(31-25)33-14-21-8-9-22(15-33)27(21)29(35)36/h6-7,10-13,17,21-22,27H,5,8-9,14-16H2,1-4H3,(H,35,36)/t21-,22+,27+. The topological polar surface area (TPSA) is 83.0 Å². The van der Waals surface area contributed by atoms with Gasteiger partial charge in [-0.2, -0.15) is 0 Å². The maximum Gasteiger partial charge on any atom is 0.307 e. The highest BCUT2D eigenvalue weighted by molar-refractivity contribution is 7.14. The zero-order valence-electron chi connectivity index (χ0n) is 22.4. The molecule has 2 bridgehead atoms. The van der Waals surface area contributed by atoms with E-state index in [1.807, 2.05) is 44.2 Å². The largest absolute Gasteiger partial charge is 0.488 e. The van der Waals surface area contributed by atoms with Crippen molar-refractivity contribution in [3.63, 3.8) is 0 Å². The number of aromatic nitrogens is 1. The number of carbonyl (C=O) groups excluding carboxylic acids is 1. The van der Waals surface area contributed by atoms with Crippen molar-refractivity contribution in [1.82, 2.24) is 9.88 Å². The summed E-state index contributed by atoms with van der Waals surface area (Å²) < 4.78 is 6.31. The summed E-state index contributed by atoms with van der Waals surface area (Å²) in [6, 6.07) is 11.9. The molecule has 0 unspecified atom stereocenters. The van der Waals surface area contributed by atoms with E-state index in [4.69, 9.17) is 9.72 Å². The van der Waals surface area contributed by atoms with Gasteiger partial charge >= 0.3 is 5.97 Å². The minimum absolute atomic E-state index is 0.0171. The Hall–Kier alpha value is -3.39. The van der Waals surface area contributed by atoms with Crippen LogP contribution in [0.25, 0.3) is 11.3 Å². The van der Waals surface area contributed by atoms with Crippen LogP contribution in [0.15, 0.2) is 41.8 Å². The van der Waals surface area contributed by atoms with Crippen LogP contribution in [0.2, 0.25) is 0 Å². The quantitative estimate of drug-likeness (QED) is 0.403. The van der Waals surface area contributed by atoms with Gasteiger partial charge in [0.25, 0.3) is 5.91 Å². The number of benzene rings is 2. The normalized spacial score (nSPS) is 20.4. The van der Waals surface area contributed by atoms with E-state index in [0.717, 1.165) is 64.8 Å². The third-order valence-corrected chi connectivity index (χ3v) is 8.99. The molecular formula is C30H35N3O4S. The zero-order valence-corrected chi connectivity index (χ0v) is 23.3. The minimum atomic E-state index is -0.650. The molecule has 1 aliphatic heterocycles. The summed E-state index contributed by atoms with van der Waals surface area (Å²) in [5.74, 6) is 0.312. The van der Waals surface area contributed by atoms with Gasteiger partial charge in [-0.25, -0.2) is 4.98 Å². The van der Waals surface area contributed by atoms with Crippen molar-refractivity contribution in [2.24, 2.45) is 17.8 Å². The van der Waals surface area contributed by atoms with Crippen LogP contribution < -0.4 is 9.64 Å². The number of piperidine rings is 1. The average molecular weight is 534 g/mol. The molecule has 7 nitrogen and oxygen atoms in total. The third-order valence-electron chi connectivity index (χ3n) is 8.09. The Kier molecular flexibility index (Phi) is 7.43. The second-order valence-corrected chi connectivity index (χ2v) is 11.5. The number of amides is 1. The van der Waals surface area contributed by atoms with Gasteiger partial charge in [-0.15, -0.1) is 11.3 Å². The first-order valence-corrected chi connectivity index (χ1v) is 14.1. The molecule has 38 heavy (non-hydrogen) atoms. The molecule has 1 saturated carbocycles. The predicted molar refractivity (Wildman–Crippen MR) is 150 cm³/mol. The van der Waals surface area contributed by atoms with Crippen LogP contribution in [0.3, 0.4) is 0 Å². The lowest BCUT2D eigenvalue weighted by molar-refractivity contribution is -0.144. The van der Waals surface area contributed by atoms with Crippen LogP contribution in [-0.4, -0.2) is 53.5 Å². The molecule has 2 heterocycles. The van der Waals surface area contributed by atoms with Gasteiger partial charge in [0.05, 0.1) is 11.6 Å². The molecule has 1 aromatic heterocycles. The number of carboxylic acids is 1. The van der Waals surface area contributed by atoms with Gasteiger partial charge in [0.1, 0.15) is 12.4 Å². The Labute approximate surface area is 228 Å². The molecule has 3 aromatic rings. The molecule has 1 N–H and O–H groups in total. The number of aryl methyl sites for hydroxylation is 2. The zero-order chi connectivity index (χ0) is 27.0. The van der Waals surface area contributed by atoms with Gasteiger partial charge in [0, 0.05) is 43.2 Å². The lowest BCUT2D eigenvalue weighted by Crippen LogP contribution is -2.44. The Bertz CT molecular complexity index is 1340. The van der Waals surface area contributed by atoms with E-state index in [-0.39, 0.29) is 23.7 Å². The van der Waals surface area contributed by atoms with Crippen molar-refractivity contribution in [3.05, 3.63) is 64.0 Å². The number of nitrogens with zero attached hydrogens (tertiary/aromatic N) is 3. The van der Waals surface area contributed by atoms with Crippen LogP contribution >= 0.6 is 11.3 Å². The van der Waals surface area contributed by atoms with Crippen molar-refractivity contribution in [1.29, 1.82) is 0 Å². The summed E-state index contributed by atoms with van der Waals surface area (Å²) in [6.07, 6.45) is 1.96. The number of carboxylic acid groups (broad SMARTS) is 1. The van der Waals surface area contributed by atoms with Crippen LogP contribution in [-0.2, 0) is 11.4 Å². The SMILES string of the molecule is CCN(C)C(=O)c1ccc(COc2ccc(C)cc2-c2csc(N3C[C@H]4CC[C@@H](C3)[C@H]4C(=O)O)n2)c(C)c1. The van der Waals surface area contributed by atoms with Gasteiger partial charge in [-0.3, -0.25) is 9.59 Å². The number of thiazole rings is 1. The summed E-state index contributed by atoms with van der Waals surface area (Å²) in [7, 11) is 1.81. The van der Waals surface area contributed by atoms with Crippen molar-refractivity contribution in [2.45, 2.75) is 40.2 Å². The van der Waals surface area contributed by atoms with E-state index in [0.29, 0.717) is 18.7 Å². The third kappa shape index (κ3) is 5.14. The molecule has 1 aliphatic carbocycles. The van der Waals surface area contributed by atoms with E-state index >= 15 is 0 Å². The molecule has 3 atom stereocenters. The Balaban J connectivity index is 1.32. The smallest absolute Gasteiger partial charge is 0.307 e. The average Bonchev–Trinajstić information content (AvgIpc) is 3.50. The van der Waals surface area contributed by atoms with Gasteiger partial charge in [-0.05, 0) is 80.8 Å². The summed E-state index contributed by atoms with van der Waals surface area (Å²) in [5, 5.41) is 12.7. The molecular weight excluding hydrogens is 498 g/mol. The van der Waals surface area contributed by atoms with Crippen molar-refractivity contribution in [3.8, 4) is 17.0 Å². The van der Waals surface area contributed by atoms with Gasteiger partial charge < -0.3 is 19.6 Å². The highest BCUT2D eigenvalue weighted by Crippen LogP contribution is 2.44. The number of rotatable bonds is 8. The van der Waals surface area contributed by atoms with Crippen LogP contribution in [0.5, 0.6) is 5.75 Å². The van der Waals surface area contributed by atoms with Crippen LogP contribution in [0.1, 0.15) is 46.8 Å². The Morgan fingerprint density at radius 1 is 1.13 bits per heavy atom. The summed E-state index contributed by atoms with van der Waals surface area (Å²) in [5.41, 5.74) is 5.68.